The summed E-state index contributed by atoms with van der Waals surface area (Å²) >= 11 is 0. The summed E-state index contributed by atoms with van der Waals surface area (Å²) in [6, 6.07) is 14.0. The van der Waals surface area contributed by atoms with Crippen LogP contribution in [0.2, 0.25) is 0 Å². The van der Waals surface area contributed by atoms with Gasteiger partial charge in [-0.05, 0) is 36.4 Å². The number of benzene rings is 2. The number of methoxy groups -OCH3 is 1. The highest BCUT2D eigenvalue weighted by molar-refractivity contribution is 5.94. The molecular formula is C20H23N3O4. The number of anilines is 1. The van der Waals surface area contributed by atoms with Crippen molar-refractivity contribution in [2.45, 2.75) is 0 Å². The van der Waals surface area contributed by atoms with Crippen molar-refractivity contribution >= 4 is 17.5 Å². The van der Waals surface area contributed by atoms with E-state index in [1.165, 1.54) is 0 Å². The van der Waals surface area contributed by atoms with Gasteiger partial charge in [-0.2, -0.15) is 0 Å². The Kier molecular flexibility index (Phi) is 6.27. The minimum absolute atomic E-state index is 0.0128. The molecule has 27 heavy (non-hydrogen) atoms. The van der Waals surface area contributed by atoms with Crippen molar-refractivity contribution < 1.29 is 19.1 Å². The smallest absolute Gasteiger partial charge is 0.262 e. The van der Waals surface area contributed by atoms with Crippen LogP contribution in [0.15, 0.2) is 48.5 Å². The fraction of sp³-hybridized carbons (Fsp3) is 0.300. The van der Waals surface area contributed by atoms with Gasteiger partial charge in [0.25, 0.3) is 11.8 Å². The van der Waals surface area contributed by atoms with E-state index in [9.17, 15) is 9.59 Å². The molecule has 7 nitrogen and oxygen atoms in total. The first kappa shape index (κ1) is 18.7. The number of carbonyl (C=O) groups is 2. The Morgan fingerprint density at radius 3 is 2.52 bits per heavy atom. The molecule has 1 fully saturated rings. The Morgan fingerprint density at radius 2 is 1.81 bits per heavy atom. The quantitative estimate of drug-likeness (QED) is 0.811. The number of ether oxygens (including phenoxy) is 2. The number of amides is 2. The fourth-order valence-electron chi connectivity index (χ4n) is 2.79. The largest absolute Gasteiger partial charge is 0.497 e. The minimum atomic E-state index is -0.274. The number of nitrogens with zero attached hydrogens (tertiary/aromatic N) is 1. The summed E-state index contributed by atoms with van der Waals surface area (Å²) in [5, 5.41) is 5.97. The fourth-order valence-corrected chi connectivity index (χ4v) is 2.79. The highest BCUT2D eigenvalue weighted by atomic mass is 16.5. The van der Waals surface area contributed by atoms with Crippen LogP contribution in [0.25, 0.3) is 0 Å². The van der Waals surface area contributed by atoms with Crippen LogP contribution in [0, 0.1) is 0 Å². The summed E-state index contributed by atoms with van der Waals surface area (Å²) in [7, 11) is 1.57. The molecular weight excluding hydrogens is 346 g/mol. The summed E-state index contributed by atoms with van der Waals surface area (Å²) in [5.74, 6) is 0.939. The molecule has 1 aliphatic rings. The summed E-state index contributed by atoms with van der Waals surface area (Å²) in [4.78, 5) is 26.3. The van der Waals surface area contributed by atoms with Gasteiger partial charge < -0.3 is 25.0 Å². The first-order valence-electron chi connectivity index (χ1n) is 8.82. The minimum Gasteiger partial charge on any atom is -0.497 e. The second kappa shape index (κ2) is 9.05. The Morgan fingerprint density at radius 1 is 1.07 bits per heavy atom. The standard InChI is InChI=1S/C20H23N3O4/c1-26-18-4-2-3-16(13-18)22-19(24)14-27-17-7-5-15(6-8-17)20(25)23-11-9-21-10-12-23/h2-8,13,21H,9-12,14H2,1H3,(H,22,24). The predicted octanol–water partition coefficient (Wildman–Crippen LogP) is 1.76. The van der Waals surface area contributed by atoms with Crippen LogP contribution >= 0.6 is 0 Å². The van der Waals surface area contributed by atoms with Crippen molar-refractivity contribution in [3.63, 3.8) is 0 Å². The van der Waals surface area contributed by atoms with Gasteiger partial charge in [0.05, 0.1) is 7.11 Å². The van der Waals surface area contributed by atoms with Crippen molar-refractivity contribution in [3.8, 4) is 11.5 Å². The molecule has 2 aromatic carbocycles. The van der Waals surface area contributed by atoms with Crippen LogP contribution in [0.3, 0.4) is 0 Å². The zero-order chi connectivity index (χ0) is 19.1. The molecule has 0 spiro atoms. The monoisotopic (exact) mass is 369 g/mol. The van der Waals surface area contributed by atoms with Gasteiger partial charge in [-0.1, -0.05) is 6.07 Å². The van der Waals surface area contributed by atoms with E-state index < -0.39 is 0 Å². The SMILES string of the molecule is COc1cccc(NC(=O)COc2ccc(C(=O)N3CCNCC3)cc2)c1. The maximum atomic E-state index is 12.4. The molecule has 0 aliphatic carbocycles. The van der Waals surface area contributed by atoms with Crippen molar-refractivity contribution in [2.75, 3.05) is 45.2 Å². The molecule has 2 N–H and O–H groups in total. The molecule has 2 amide bonds. The lowest BCUT2D eigenvalue weighted by Crippen LogP contribution is -2.46. The molecule has 0 unspecified atom stereocenters. The van der Waals surface area contributed by atoms with Crippen LogP contribution in [-0.4, -0.2) is 56.6 Å². The zero-order valence-corrected chi connectivity index (χ0v) is 15.2. The number of rotatable bonds is 6. The van der Waals surface area contributed by atoms with Crippen LogP contribution in [0.1, 0.15) is 10.4 Å². The maximum absolute atomic E-state index is 12.4. The van der Waals surface area contributed by atoms with Crippen molar-refractivity contribution in [3.05, 3.63) is 54.1 Å². The number of hydrogen-bond acceptors (Lipinski definition) is 5. The number of nitrogens with one attached hydrogen (secondary N) is 2. The number of carbonyl (C=O) groups excluding carboxylic acids is 2. The molecule has 0 atom stereocenters. The van der Waals surface area contributed by atoms with Crippen LogP contribution < -0.4 is 20.1 Å². The third kappa shape index (κ3) is 5.21. The molecule has 1 aliphatic heterocycles. The Labute approximate surface area is 158 Å². The average molecular weight is 369 g/mol. The second-order valence-corrected chi connectivity index (χ2v) is 6.14. The summed E-state index contributed by atoms with van der Waals surface area (Å²) < 4.78 is 10.6. The van der Waals surface area contributed by atoms with E-state index in [4.69, 9.17) is 9.47 Å². The van der Waals surface area contributed by atoms with E-state index in [-0.39, 0.29) is 18.4 Å². The van der Waals surface area contributed by atoms with Crippen LogP contribution in [0.5, 0.6) is 11.5 Å². The molecule has 0 saturated carbocycles. The van der Waals surface area contributed by atoms with Gasteiger partial charge >= 0.3 is 0 Å². The van der Waals surface area contributed by atoms with Crippen molar-refractivity contribution in [1.29, 1.82) is 0 Å². The maximum Gasteiger partial charge on any atom is 0.262 e. The van der Waals surface area contributed by atoms with E-state index in [0.717, 1.165) is 13.1 Å². The Hall–Kier alpha value is -3.06. The number of hydrogen-bond donors (Lipinski definition) is 2. The van der Waals surface area contributed by atoms with E-state index >= 15 is 0 Å². The van der Waals surface area contributed by atoms with E-state index in [0.29, 0.717) is 35.8 Å². The van der Waals surface area contributed by atoms with Gasteiger partial charge in [0.1, 0.15) is 11.5 Å². The summed E-state index contributed by atoms with van der Waals surface area (Å²) in [6.45, 7) is 2.93. The lowest BCUT2D eigenvalue weighted by atomic mass is 10.2. The zero-order valence-electron chi connectivity index (χ0n) is 15.2. The molecule has 142 valence electrons. The average Bonchev–Trinajstić information content (AvgIpc) is 2.73. The van der Waals surface area contributed by atoms with Gasteiger partial charge in [0.15, 0.2) is 6.61 Å². The predicted molar refractivity (Wildman–Crippen MR) is 102 cm³/mol. The third-order valence-corrected chi connectivity index (χ3v) is 4.23. The molecule has 3 rings (SSSR count). The highest BCUT2D eigenvalue weighted by Crippen LogP contribution is 2.17. The molecule has 0 aromatic heterocycles. The lowest BCUT2D eigenvalue weighted by Gasteiger charge is -2.27. The van der Waals surface area contributed by atoms with Crippen molar-refractivity contribution in [2.24, 2.45) is 0 Å². The third-order valence-electron chi connectivity index (χ3n) is 4.23. The van der Waals surface area contributed by atoms with Gasteiger partial charge in [0.2, 0.25) is 0 Å². The summed E-state index contributed by atoms with van der Waals surface area (Å²) in [6.07, 6.45) is 0. The first-order valence-corrected chi connectivity index (χ1v) is 8.82. The topological polar surface area (TPSA) is 79.9 Å². The molecule has 2 aromatic rings. The van der Waals surface area contributed by atoms with Crippen LogP contribution in [0.4, 0.5) is 5.69 Å². The van der Waals surface area contributed by atoms with E-state index in [1.54, 1.807) is 55.6 Å². The molecule has 0 radical (unpaired) electrons. The number of piperazine rings is 1. The Balaban J connectivity index is 1.50. The first-order chi connectivity index (χ1) is 13.2. The normalized spacial score (nSPS) is 13.7. The van der Waals surface area contributed by atoms with Gasteiger partial charge in [-0.3, -0.25) is 9.59 Å². The second-order valence-electron chi connectivity index (χ2n) is 6.14. The van der Waals surface area contributed by atoms with Crippen molar-refractivity contribution in [1.82, 2.24) is 10.2 Å². The summed E-state index contributed by atoms with van der Waals surface area (Å²) in [5.41, 5.74) is 1.25. The van der Waals surface area contributed by atoms with E-state index in [1.807, 2.05) is 4.90 Å². The molecule has 1 saturated heterocycles. The molecule has 1 heterocycles. The van der Waals surface area contributed by atoms with Gasteiger partial charge in [0, 0.05) is 43.5 Å². The highest BCUT2D eigenvalue weighted by Gasteiger charge is 2.17. The van der Waals surface area contributed by atoms with Crippen LogP contribution in [-0.2, 0) is 4.79 Å². The lowest BCUT2D eigenvalue weighted by molar-refractivity contribution is -0.118. The van der Waals surface area contributed by atoms with Gasteiger partial charge in [-0.25, -0.2) is 0 Å². The Bertz CT molecular complexity index is 786. The van der Waals surface area contributed by atoms with Gasteiger partial charge in [-0.15, -0.1) is 0 Å². The van der Waals surface area contributed by atoms with E-state index in [2.05, 4.69) is 10.6 Å². The molecule has 7 heteroatoms. The molecule has 0 bridgehead atoms.